The van der Waals surface area contributed by atoms with E-state index in [4.69, 9.17) is 61.6 Å². The minimum atomic E-state index is -2.25. The predicted molar refractivity (Wildman–Crippen MR) is 244 cm³/mol. The third kappa shape index (κ3) is 14.0. The molecule has 4 heterocycles. The molecule has 1 N–H and O–H groups in total. The predicted octanol–water partition coefficient (Wildman–Crippen LogP) is 4.77. The van der Waals surface area contributed by atoms with Crippen LogP contribution in [0.2, 0.25) is 0 Å². The highest BCUT2D eigenvalue weighted by Gasteiger charge is 2.65. The Hall–Kier alpha value is -6.62. The van der Waals surface area contributed by atoms with Crippen molar-refractivity contribution in [1.82, 2.24) is 0 Å². The summed E-state index contributed by atoms with van der Waals surface area (Å²) < 4.78 is 77.2. The Balaban J connectivity index is 1.22. The molecule has 3 aromatic rings. The summed E-state index contributed by atoms with van der Waals surface area (Å²) in [4.78, 5) is 75.5. The average Bonchev–Trinajstić information content (AvgIpc) is 3.57. The normalized spacial score (nSPS) is 27.7. The van der Waals surface area contributed by atoms with Gasteiger partial charge in [-0.1, -0.05) is 36.4 Å². The van der Waals surface area contributed by atoms with Gasteiger partial charge in [-0.25, -0.2) is 14.4 Å². The van der Waals surface area contributed by atoms with Gasteiger partial charge in [0.05, 0.1) is 6.61 Å². The fourth-order valence-electron chi connectivity index (χ4n) is 7.86. The van der Waals surface area contributed by atoms with Gasteiger partial charge in [0.15, 0.2) is 30.1 Å². The molecular formula is C51H54O20. The topological polar surface area (TPSA) is 243 Å². The standard InChI is InChI=1S/C51H54O20/c1-29(52)62-35-17-8-32(9-18-35)14-23-40(55)59-26-39-45(66-41(56)24-15-33-10-19-36(20-11-33)63-30(2)53)47(67-42(57)25-16-34-12-21-37(22-13-34)64-31(3)54)51(68-39)28-61-50(6,7)70-46-43(58)44-38(65-48(46)71-51)27-60-49(4,5)69-44/h8-25,38-39,43-48,58H,26-28H2,1-7H3/b23-14+,24-15+,25-16+/t38-,39-,43+,44-,45-,46-,47+,48-,51+/m1/s1. The van der Waals surface area contributed by atoms with E-state index in [2.05, 4.69) is 0 Å². The molecule has 20 heteroatoms. The van der Waals surface area contributed by atoms with Crippen LogP contribution in [0.15, 0.2) is 91.0 Å². The summed E-state index contributed by atoms with van der Waals surface area (Å²) in [5, 5.41) is 11.9. The van der Waals surface area contributed by atoms with E-state index in [0.29, 0.717) is 22.4 Å². The molecule has 4 aliphatic rings. The van der Waals surface area contributed by atoms with Gasteiger partial charge in [-0.05, 0) is 99.0 Å². The van der Waals surface area contributed by atoms with Gasteiger partial charge in [-0.15, -0.1) is 0 Å². The molecule has 0 amide bonds. The Morgan fingerprint density at radius 1 is 0.592 bits per heavy atom. The summed E-state index contributed by atoms with van der Waals surface area (Å²) in [7, 11) is 0. The minimum absolute atomic E-state index is 0.0262. The van der Waals surface area contributed by atoms with Crippen molar-refractivity contribution in [3.05, 3.63) is 108 Å². The molecule has 0 radical (unpaired) electrons. The quantitative estimate of drug-likeness (QED) is 0.105. The number of ether oxygens (including phenoxy) is 13. The fraction of sp³-hybridized carbons (Fsp3) is 0.412. The van der Waals surface area contributed by atoms with Crippen LogP contribution < -0.4 is 14.2 Å². The van der Waals surface area contributed by atoms with Gasteiger partial charge in [0.25, 0.3) is 0 Å². The molecule has 4 fully saturated rings. The highest BCUT2D eigenvalue weighted by Crippen LogP contribution is 2.44. The van der Waals surface area contributed by atoms with E-state index >= 15 is 0 Å². The van der Waals surface area contributed by atoms with Crippen LogP contribution in [0.3, 0.4) is 0 Å². The first-order chi connectivity index (χ1) is 33.6. The number of esters is 6. The molecule has 3 aromatic carbocycles. The number of hydrogen-bond donors (Lipinski definition) is 1. The summed E-state index contributed by atoms with van der Waals surface area (Å²) in [6, 6.07) is 18.8. The number of carbonyl (C=O) groups is 6. The molecule has 0 aliphatic carbocycles. The molecule has 9 atom stereocenters. The summed E-state index contributed by atoms with van der Waals surface area (Å²) in [5.74, 6) is -8.32. The van der Waals surface area contributed by atoms with Crippen molar-refractivity contribution in [2.75, 3.05) is 19.8 Å². The second-order valence-corrected chi connectivity index (χ2v) is 17.6. The molecular weight excluding hydrogens is 933 g/mol. The lowest BCUT2D eigenvalue weighted by molar-refractivity contribution is -0.454. The Kier molecular flexibility index (Phi) is 16.3. The maximum atomic E-state index is 14.0. The minimum Gasteiger partial charge on any atom is -0.460 e. The molecule has 4 aliphatic heterocycles. The zero-order valence-corrected chi connectivity index (χ0v) is 39.8. The lowest BCUT2D eigenvalue weighted by Gasteiger charge is -2.53. The molecule has 7 rings (SSSR count). The Morgan fingerprint density at radius 3 is 1.54 bits per heavy atom. The van der Waals surface area contributed by atoms with Crippen molar-refractivity contribution >= 4 is 54.0 Å². The van der Waals surface area contributed by atoms with Crippen molar-refractivity contribution in [2.45, 2.75) is 115 Å². The van der Waals surface area contributed by atoms with Gasteiger partial charge in [-0.3, -0.25) is 14.4 Å². The Bertz CT molecular complexity index is 2510. The number of hydrogen-bond acceptors (Lipinski definition) is 20. The SMILES string of the molecule is CC(=O)Oc1ccc(/C=C/C(=O)OC[C@H]2O[C@]3(COC(C)(C)O[C@H]4[C@H](O[C@@H]5COC(C)(C)O[C@H]5[C@@H]4O)O3)[C@@H](OC(=O)/C=C/c3ccc(OC(C)=O)cc3)[C@@H]2OC(=O)/C=C/c2ccc(OC(C)=O)cc2)cc1. The van der Waals surface area contributed by atoms with E-state index in [9.17, 15) is 33.9 Å². The Labute approximate surface area is 408 Å². The van der Waals surface area contributed by atoms with Crippen molar-refractivity contribution in [3.63, 3.8) is 0 Å². The van der Waals surface area contributed by atoms with Crippen molar-refractivity contribution in [3.8, 4) is 17.2 Å². The van der Waals surface area contributed by atoms with Gasteiger partial charge >= 0.3 is 35.8 Å². The van der Waals surface area contributed by atoms with Gasteiger partial charge in [0.1, 0.15) is 61.0 Å². The van der Waals surface area contributed by atoms with Crippen LogP contribution in [0.5, 0.6) is 17.2 Å². The third-order valence-corrected chi connectivity index (χ3v) is 11.0. The van der Waals surface area contributed by atoms with Crippen LogP contribution in [-0.2, 0) is 76.1 Å². The summed E-state index contributed by atoms with van der Waals surface area (Å²) in [6.45, 7) is 9.07. The van der Waals surface area contributed by atoms with Gasteiger partial charge < -0.3 is 66.7 Å². The lowest BCUT2D eigenvalue weighted by Crippen LogP contribution is -2.69. The first-order valence-corrected chi connectivity index (χ1v) is 22.5. The first kappa shape index (κ1) is 52.2. The maximum absolute atomic E-state index is 14.0. The van der Waals surface area contributed by atoms with Crippen molar-refractivity contribution in [1.29, 1.82) is 0 Å². The van der Waals surface area contributed by atoms with Crippen LogP contribution in [-0.4, -0.2) is 127 Å². The molecule has 0 unspecified atom stereocenters. The smallest absolute Gasteiger partial charge is 0.331 e. The van der Waals surface area contributed by atoms with E-state index in [1.165, 1.54) is 63.3 Å². The van der Waals surface area contributed by atoms with E-state index in [-0.39, 0.29) is 18.1 Å². The second-order valence-electron chi connectivity index (χ2n) is 17.6. The molecule has 0 bridgehead atoms. The number of aliphatic hydroxyl groups excluding tert-OH is 1. The first-order valence-electron chi connectivity index (χ1n) is 22.5. The molecule has 1 spiro atoms. The van der Waals surface area contributed by atoms with Crippen LogP contribution >= 0.6 is 0 Å². The number of rotatable bonds is 13. The average molecular weight is 987 g/mol. The van der Waals surface area contributed by atoms with Crippen LogP contribution in [0.25, 0.3) is 18.2 Å². The van der Waals surface area contributed by atoms with Crippen LogP contribution in [0, 0.1) is 0 Å². The molecule has 0 saturated carbocycles. The monoisotopic (exact) mass is 986 g/mol. The highest BCUT2D eigenvalue weighted by atomic mass is 16.9. The lowest BCUT2D eigenvalue weighted by atomic mass is 9.96. The van der Waals surface area contributed by atoms with E-state index in [0.717, 1.165) is 18.2 Å². The van der Waals surface area contributed by atoms with E-state index in [1.807, 2.05) is 0 Å². The van der Waals surface area contributed by atoms with E-state index < -0.39 is 115 Å². The van der Waals surface area contributed by atoms with Gasteiger partial charge in [-0.2, -0.15) is 0 Å². The van der Waals surface area contributed by atoms with Gasteiger partial charge in [0, 0.05) is 39.0 Å². The largest absolute Gasteiger partial charge is 0.460 e. The van der Waals surface area contributed by atoms with Gasteiger partial charge in [0.2, 0.25) is 5.79 Å². The molecule has 71 heavy (non-hydrogen) atoms. The third-order valence-electron chi connectivity index (χ3n) is 11.0. The summed E-state index contributed by atoms with van der Waals surface area (Å²) >= 11 is 0. The Morgan fingerprint density at radius 2 is 1.04 bits per heavy atom. The molecule has 378 valence electrons. The zero-order chi connectivity index (χ0) is 51.1. The van der Waals surface area contributed by atoms with Crippen LogP contribution in [0.1, 0.15) is 65.2 Å². The number of benzene rings is 3. The maximum Gasteiger partial charge on any atom is 0.331 e. The number of aliphatic hydroxyl groups is 1. The summed E-state index contributed by atoms with van der Waals surface area (Å²) in [6.07, 6.45) is -3.26. The summed E-state index contributed by atoms with van der Waals surface area (Å²) in [5.41, 5.74) is 1.58. The van der Waals surface area contributed by atoms with E-state index in [1.54, 1.807) is 76.2 Å². The molecule has 20 nitrogen and oxygen atoms in total. The number of carbonyl (C=O) groups excluding carboxylic acids is 6. The highest BCUT2D eigenvalue weighted by molar-refractivity contribution is 5.89. The van der Waals surface area contributed by atoms with Crippen LogP contribution in [0.4, 0.5) is 0 Å². The zero-order valence-electron chi connectivity index (χ0n) is 39.8. The fourth-order valence-corrected chi connectivity index (χ4v) is 7.86. The molecule has 4 saturated heterocycles. The second kappa shape index (κ2) is 22.2. The number of fused-ring (bicyclic) bond motifs is 2. The molecule has 0 aromatic heterocycles. The van der Waals surface area contributed by atoms with Crippen molar-refractivity contribution in [2.24, 2.45) is 0 Å². The van der Waals surface area contributed by atoms with Crippen molar-refractivity contribution < 1.29 is 95.5 Å².